The second-order valence-electron chi connectivity index (χ2n) is 6.14. The van der Waals surface area contributed by atoms with Gasteiger partial charge in [0.15, 0.2) is 0 Å². The van der Waals surface area contributed by atoms with Crippen molar-refractivity contribution < 1.29 is 4.79 Å². The smallest absolute Gasteiger partial charge is 0.222 e. The Kier molecular flexibility index (Phi) is 4.96. The molecule has 2 heterocycles. The van der Waals surface area contributed by atoms with Crippen LogP contribution < -0.4 is 5.32 Å². The predicted molar refractivity (Wildman–Crippen MR) is 77.9 cm³/mol. The molecule has 0 aromatic carbocycles. The maximum absolute atomic E-state index is 12.3. The molecule has 0 saturated carbocycles. The number of hydrogen-bond acceptors (Lipinski definition) is 3. The third kappa shape index (κ3) is 4.16. The van der Waals surface area contributed by atoms with Crippen molar-refractivity contribution in [3.8, 4) is 0 Å². The van der Waals surface area contributed by atoms with E-state index in [4.69, 9.17) is 0 Å². The molecule has 2 saturated heterocycles. The lowest BCUT2D eigenvalue weighted by molar-refractivity contribution is -0.132. The molecule has 0 radical (unpaired) electrons. The van der Waals surface area contributed by atoms with Gasteiger partial charge >= 0.3 is 0 Å². The van der Waals surface area contributed by atoms with Crippen molar-refractivity contribution in [1.29, 1.82) is 0 Å². The Hall–Kier alpha value is -0.220. The van der Waals surface area contributed by atoms with E-state index in [1.807, 2.05) is 11.8 Å². The van der Waals surface area contributed by atoms with Gasteiger partial charge in [0.1, 0.15) is 0 Å². The minimum absolute atomic E-state index is 0.337. The maximum atomic E-state index is 12.3. The molecule has 2 aliphatic heterocycles. The third-order valence-electron chi connectivity index (χ3n) is 4.11. The van der Waals surface area contributed by atoms with Gasteiger partial charge in [-0.15, -0.1) is 0 Å². The number of nitrogens with one attached hydrogen (secondary N) is 1. The van der Waals surface area contributed by atoms with Crippen molar-refractivity contribution in [2.75, 3.05) is 31.9 Å². The molecule has 4 heteroatoms. The van der Waals surface area contributed by atoms with Gasteiger partial charge in [0.05, 0.1) is 0 Å². The van der Waals surface area contributed by atoms with Gasteiger partial charge in [-0.1, -0.05) is 13.8 Å². The van der Waals surface area contributed by atoms with Crippen LogP contribution in [0.4, 0.5) is 0 Å². The average Bonchev–Trinajstić information content (AvgIpc) is 2.51. The summed E-state index contributed by atoms with van der Waals surface area (Å²) in [7, 11) is 0. The fraction of sp³-hybridized carbons (Fsp3) is 0.929. The first kappa shape index (κ1) is 14.2. The van der Waals surface area contributed by atoms with E-state index in [0.29, 0.717) is 16.6 Å². The standard InChI is InChI=1S/C14H26N2OS/c1-14(2)5-8-16(9-10-18-14)13(17)11-12-3-6-15-7-4-12/h12,15H,3-11H2,1-2H3. The molecule has 0 bridgehead atoms. The molecule has 104 valence electrons. The van der Waals surface area contributed by atoms with Crippen molar-refractivity contribution in [1.82, 2.24) is 10.2 Å². The van der Waals surface area contributed by atoms with E-state index in [2.05, 4.69) is 24.1 Å². The number of amides is 1. The lowest BCUT2D eigenvalue weighted by atomic mass is 9.94. The number of carbonyl (C=O) groups is 1. The first-order chi connectivity index (χ1) is 8.57. The number of thioether (sulfide) groups is 1. The van der Waals surface area contributed by atoms with Crippen LogP contribution in [0.25, 0.3) is 0 Å². The summed E-state index contributed by atoms with van der Waals surface area (Å²) in [4.78, 5) is 14.4. The minimum atomic E-state index is 0.337. The Morgan fingerprint density at radius 1 is 1.33 bits per heavy atom. The fourth-order valence-corrected chi connectivity index (χ4v) is 3.83. The highest BCUT2D eigenvalue weighted by molar-refractivity contribution is 8.00. The van der Waals surface area contributed by atoms with Crippen molar-refractivity contribution in [3.63, 3.8) is 0 Å². The van der Waals surface area contributed by atoms with E-state index >= 15 is 0 Å². The third-order valence-corrected chi connectivity index (χ3v) is 5.48. The molecule has 1 amide bonds. The summed E-state index contributed by atoms with van der Waals surface area (Å²) in [6.45, 7) is 8.64. The largest absolute Gasteiger partial charge is 0.342 e. The molecule has 3 nitrogen and oxygen atoms in total. The zero-order valence-corrected chi connectivity index (χ0v) is 12.5. The van der Waals surface area contributed by atoms with E-state index in [1.54, 1.807) is 0 Å². The van der Waals surface area contributed by atoms with E-state index in [-0.39, 0.29) is 0 Å². The van der Waals surface area contributed by atoms with Crippen molar-refractivity contribution in [3.05, 3.63) is 0 Å². The highest BCUT2D eigenvalue weighted by Crippen LogP contribution is 2.31. The summed E-state index contributed by atoms with van der Waals surface area (Å²) >= 11 is 2.00. The van der Waals surface area contributed by atoms with Crippen molar-refractivity contribution in [2.45, 2.75) is 44.3 Å². The quantitative estimate of drug-likeness (QED) is 0.834. The van der Waals surface area contributed by atoms with Gasteiger partial charge in [0.25, 0.3) is 0 Å². The topological polar surface area (TPSA) is 32.3 Å². The average molecular weight is 270 g/mol. The van der Waals surface area contributed by atoms with Gasteiger partial charge < -0.3 is 10.2 Å². The zero-order chi connectivity index (χ0) is 13.0. The molecular weight excluding hydrogens is 244 g/mol. The van der Waals surface area contributed by atoms with Gasteiger partial charge in [-0.3, -0.25) is 4.79 Å². The van der Waals surface area contributed by atoms with Gasteiger partial charge in [0.2, 0.25) is 5.91 Å². The Morgan fingerprint density at radius 3 is 2.78 bits per heavy atom. The summed E-state index contributed by atoms with van der Waals surface area (Å²) in [5.74, 6) is 2.09. The van der Waals surface area contributed by atoms with Crippen LogP contribution in [0.3, 0.4) is 0 Å². The molecule has 1 N–H and O–H groups in total. The summed E-state index contributed by atoms with van der Waals surface area (Å²) in [6, 6.07) is 0. The predicted octanol–water partition coefficient (Wildman–Crippen LogP) is 2.12. The van der Waals surface area contributed by atoms with Gasteiger partial charge in [-0.05, 0) is 38.3 Å². The van der Waals surface area contributed by atoms with Crippen LogP contribution in [0.1, 0.15) is 39.5 Å². The molecule has 0 atom stereocenters. The molecule has 0 aromatic rings. The maximum Gasteiger partial charge on any atom is 0.222 e. The van der Waals surface area contributed by atoms with Crippen LogP contribution in [0.5, 0.6) is 0 Å². The Bertz CT molecular complexity index is 288. The molecule has 2 rings (SSSR count). The summed E-state index contributed by atoms with van der Waals surface area (Å²) in [5.41, 5.74) is 0. The molecule has 18 heavy (non-hydrogen) atoms. The minimum Gasteiger partial charge on any atom is -0.342 e. The van der Waals surface area contributed by atoms with E-state index in [1.165, 1.54) is 12.8 Å². The lowest BCUT2D eigenvalue weighted by Crippen LogP contribution is -2.36. The summed E-state index contributed by atoms with van der Waals surface area (Å²) in [6.07, 6.45) is 4.22. The zero-order valence-electron chi connectivity index (χ0n) is 11.7. The van der Waals surface area contributed by atoms with E-state index in [9.17, 15) is 4.79 Å². The van der Waals surface area contributed by atoms with Crippen LogP contribution >= 0.6 is 11.8 Å². The van der Waals surface area contributed by atoms with E-state index < -0.39 is 0 Å². The fourth-order valence-electron chi connectivity index (χ4n) is 2.73. The van der Waals surface area contributed by atoms with Crippen LogP contribution in [-0.2, 0) is 4.79 Å². The van der Waals surface area contributed by atoms with Crippen LogP contribution in [0, 0.1) is 5.92 Å². The Balaban J connectivity index is 1.81. The Morgan fingerprint density at radius 2 is 2.06 bits per heavy atom. The Labute approximate surface area is 115 Å². The SMILES string of the molecule is CC1(C)CCN(C(=O)CC2CCNCC2)CCS1. The molecule has 2 aliphatic rings. The molecule has 0 spiro atoms. The normalized spacial score (nSPS) is 25.8. The second kappa shape index (κ2) is 6.29. The number of nitrogens with zero attached hydrogens (tertiary/aromatic N) is 1. The summed E-state index contributed by atoms with van der Waals surface area (Å²) in [5, 5.41) is 3.36. The number of carbonyl (C=O) groups excluding carboxylic acids is 1. The van der Waals surface area contributed by atoms with Gasteiger partial charge in [0, 0.05) is 30.0 Å². The van der Waals surface area contributed by atoms with Gasteiger partial charge in [-0.2, -0.15) is 11.8 Å². The highest BCUT2D eigenvalue weighted by Gasteiger charge is 2.27. The monoisotopic (exact) mass is 270 g/mol. The van der Waals surface area contributed by atoms with Crippen molar-refractivity contribution in [2.24, 2.45) is 5.92 Å². The molecule has 0 unspecified atom stereocenters. The van der Waals surface area contributed by atoms with Crippen molar-refractivity contribution >= 4 is 17.7 Å². The molecule has 0 aliphatic carbocycles. The number of piperidine rings is 1. The molecule has 2 fully saturated rings. The molecular formula is C14H26N2OS. The van der Waals surface area contributed by atoms with Gasteiger partial charge in [-0.25, -0.2) is 0 Å². The van der Waals surface area contributed by atoms with Crippen LogP contribution in [0.2, 0.25) is 0 Å². The van der Waals surface area contributed by atoms with Crippen LogP contribution in [0.15, 0.2) is 0 Å². The summed E-state index contributed by atoms with van der Waals surface area (Å²) < 4.78 is 0.337. The number of hydrogen-bond donors (Lipinski definition) is 1. The van der Waals surface area contributed by atoms with Crippen LogP contribution in [-0.4, -0.2) is 47.5 Å². The first-order valence-corrected chi connectivity index (χ1v) is 8.18. The highest BCUT2D eigenvalue weighted by atomic mass is 32.2. The lowest BCUT2D eigenvalue weighted by Gasteiger charge is -2.26. The second-order valence-corrected chi connectivity index (χ2v) is 7.94. The number of rotatable bonds is 2. The molecule has 0 aromatic heterocycles. The van der Waals surface area contributed by atoms with E-state index in [0.717, 1.165) is 44.8 Å². The first-order valence-electron chi connectivity index (χ1n) is 7.19.